The molecule has 1 rings (SSSR count). The van der Waals surface area contributed by atoms with Crippen molar-refractivity contribution in [3.05, 3.63) is 58.7 Å². The molecule has 1 aromatic carbocycles. The smallest absolute Gasteiger partial charge is 0.0185 e. The van der Waals surface area contributed by atoms with Crippen LogP contribution in [-0.4, -0.2) is 0 Å². The molecule has 0 aliphatic rings. The summed E-state index contributed by atoms with van der Waals surface area (Å²) in [5.41, 5.74) is 2.47. The van der Waals surface area contributed by atoms with Gasteiger partial charge < -0.3 is 0 Å². The summed E-state index contributed by atoms with van der Waals surface area (Å²) in [6, 6.07) is 10.3. The highest BCUT2D eigenvalue weighted by Crippen LogP contribution is 2.16. The van der Waals surface area contributed by atoms with Gasteiger partial charge in [-0.3, -0.25) is 0 Å². The van der Waals surface area contributed by atoms with Gasteiger partial charge in [0.15, 0.2) is 0 Å². The average Bonchev–Trinajstić information content (AvgIpc) is 2.18. The predicted octanol–water partition coefficient (Wildman–Crippen LogP) is 4.32. The Kier molecular flexibility index (Phi) is 4.48. The van der Waals surface area contributed by atoms with Gasteiger partial charge in [-0.25, -0.2) is 0 Å². The molecule has 0 spiro atoms. The molecule has 0 aromatic heterocycles. The van der Waals surface area contributed by atoms with E-state index < -0.39 is 0 Å². The second-order valence-electron chi connectivity index (χ2n) is 3.22. The van der Waals surface area contributed by atoms with E-state index in [0.717, 1.165) is 11.5 Å². The van der Waals surface area contributed by atoms with E-state index in [1.54, 1.807) is 0 Å². The Morgan fingerprint density at radius 3 is 2.43 bits per heavy atom. The van der Waals surface area contributed by atoms with Gasteiger partial charge in [-0.2, -0.15) is 0 Å². The van der Waals surface area contributed by atoms with Crippen LogP contribution >= 0.6 is 11.6 Å². The zero-order valence-corrected chi connectivity index (χ0v) is 9.38. The van der Waals surface area contributed by atoms with Gasteiger partial charge in [0.05, 0.1) is 0 Å². The Morgan fingerprint density at radius 1 is 1.29 bits per heavy atom. The number of rotatable bonds is 3. The van der Waals surface area contributed by atoms with Gasteiger partial charge in [-0.1, -0.05) is 54.1 Å². The fraction of sp³-hybridized carbons (Fsp3) is 0.231. The minimum absolute atomic E-state index is 0.868. The Balaban J connectivity index is 2.82. The number of allylic oxidation sites excluding steroid dienone is 4. The number of benzene rings is 1. The van der Waals surface area contributed by atoms with Crippen LogP contribution in [0.4, 0.5) is 0 Å². The monoisotopic (exact) mass is 206 g/mol. The highest BCUT2D eigenvalue weighted by Gasteiger charge is 1.98. The zero-order valence-electron chi connectivity index (χ0n) is 8.63. The molecule has 0 heterocycles. The molecule has 14 heavy (non-hydrogen) atoms. The molecule has 0 aliphatic carbocycles. The van der Waals surface area contributed by atoms with Gasteiger partial charge >= 0.3 is 0 Å². The van der Waals surface area contributed by atoms with Crippen molar-refractivity contribution in [3.63, 3.8) is 0 Å². The third kappa shape index (κ3) is 3.39. The van der Waals surface area contributed by atoms with Crippen molar-refractivity contribution in [1.29, 1.82) is 0 Å². The molecule has 0 N–H and O–H groups in total. The number of hydrogen-bond donors (Lipinski definition) is 0. The Bertz CT molecular complexity index is 330. The maximum Gasteiger partial charge on any atom is 0.0185 e. The van der Waals surface area contributed by atoms with Crippen LogP contribution in [0.25, 0.3) is 0 Å². The molecule has 0 unspecified atom stereocenters. The standard InChI is InChI=1S/C13H15Cl/c1-3-7-13(11(2)14)10-12-8-5-4-6-9-12/h3-9H,10H2,1-2H3/b7-3-,13-11-. The normalized spacial score (nSPS) is 13.1. The maximum atomic E-state index is 6.00. The quantitative estimate of drug-likeness (QED) is 0.647. The molecule has 0 fully saturated rings. The maximum absolute atomic E-state index is 6.00. The van der Waals surface area contributed by atoms with Gasteiger partial charge in [-0.05, 0) is 31.4 Å². The van der Waals surface area contributed by atoms with E-state index in [0.29, 0.717) is 0 Å². The first-order valence-electron chi connectivity index (χ1n) is 4.76. The third-order valence-electron chi connectivity index (χ3n) is 2.05. The molecule has 0 nitrogen and oxygen atoms in total. The summed E-state index contributed by atoms with van der Waals surface area (Å²) < 4.78 is 0. The van der Waals surface area contributed by atoms with Crippen molar-refractivity contribution in [2.75, 3.05) is 0 Å². The molecule has 0 aliphatic heterocycles. The Hall–Kier alpha value is -1.01. The van der Waals surface area contributed by atoms with E-state index in [2.05, 4.69) is 18.2 Å². The summed E-state index contributed by atoms with van der Waals surface area (Å²) in [4.78, 5) is 0. The molecule has 74 valence electrons. The molecule has 0 radical (unpaired) electrons. The van der Waals surface area contributed by atoms with Crippen LogP contribution in [0.5, 0.6) is 0 Å². The highest BCUT2D eigenvalue weighted by molar-refractivity contribution is 6.29. The topological polar surface area (TPSA) is 0 Å². The van der Waals surface area contributed by atoms with Crippen molar-refractivity contribution in [1.82, 2.24) is 0 Å². The lowest BCUT2D eigenvalue weighted by molar-refractivity contribution is 1.18. The fourth-order valence-electron chi connectivity index (χ4n) is 1.31. The molecule has 0 saturated heterocycles. The first-order chi connectivity index (χ1) is 6.74. The van der Waals surface area contributed by atoms with Crippen molar-refractivity contribution in [2.24, 2.45) is 0 Å². The summed E-state index contributed by atoms with van der Waals surface area (Å²) in [6.07, 6.45) is 4.99. The van der Waals surface area contributed by atoms with Crippen LogP contribution in [0.15, 0.2) is 53.1 Å². The Morgan fingerprint density at radius 2 is 1.93 bits per heavy atom. The SMILES string of the molecule is C/C=C\C(Cc1ccccc1)=C(/C)Cl. The van der Waals surface area contributed by atoms with Gasteiger partial charge in [0.2, 0.25) is 0 Å². The van der Waals surface area contributed by atoms with Crippen molar-refractivity contribution >= 4 is 11.6 Å². The van der Waals surface area contributed by atoms with Gasteiger partial charge in [0, 0.05) is 5.03 Å². The van der Waals surface area contributed by atoms with Crippen molar-refractivity contribution < 1.29 is 0 Å². The van der Waals surface area contributed by atoms with Crippen LogP contribution in [0.2, 0.25) is 0 Å². The summed E-state index contributed by atoms with van der Waals surface area (Å²) in [5, 5.41) is 0.868. The van der Waals surface area contributed by atoms with Crippen molar-refractivity contribution in [3.8, 4) is 0 Å². The lowest BCUT2D eigenvalue weighted by atomic mass is 10.0. The van der Waals surface area contributed by atoms with Gasteiger partial charge in [0.1, 0.15) is 0 Å². The van der Waals surface area contributed by atoms with E-state index in [1.165, 1.54) is 11.1 Å². The first-order valence-corrected chi connectivity index (χ1v) is 5.13. The molecule has 0 bridgehead atoms. The lowest BCUT2D eigenvalue weighted by Crippen LogP contribution is -1.88. The van der Waals surface area contributed by atoms with E-state index in [9.17, 15) is 0 Å². The summed E-state index contributed by atoms with van der Waals surface area (Å²) >= 11 is 6.00. The van der Waals surface area contributed by atoms with E-state index in [1.807, 2.05) is 38.1 Å². The molecule has 0 amide bonds. The van der Waals surface area contributed by atoms with E-state index in [4.69, 9.17) is 11.6 Å². The largest absolute Gasteiger partial charge is 0.0892 e. The van der Waals surface area contributed by atoms with Gasteiger partial charge in [0.25, 0.3) is 0 Å². The highest BCUT2D eigenvalue weighted by atomic mass is 35.5. The summed E-state index contributed by atoms with van der Waals surface area (Å²) in [7, 11) is 0. The first kappa shape index (κ1) is 11.1. The predicted molar refractivity (Wildman–Crippen MR) is 63.5 cm³/mol. The average molecular weight is 207 g/mol. The number of halogens is 1. The van der Waals surface area contributed by atoms with Crippen LogP contribution in [-0.2, 0) is 6.42 Å². The second kappa shape index (κ2) is 5.66. The fourth-order valence-corrected chi connectivity index (χ4v) is 1.44. The second-order valence-corrected chi connectivity index (χ2v) is 3.79. The van der Waals surface area contributed by atoms with E-state index in [-0.39, 0.29) is 0 Å². The summed E-state index contributed by atoms with van der Waals surface area (Å²) in [6.45, 7) is 3.94. The molecule has 1 aromatic rings. The zero-order chi connectivity index (χ0) is 10.4. The summed E-state index contributed by atoms with van der Waals surface area (Å²) in [5.74, 6) is 0. The van der Waals surface area contributed by atoms with Crippen molar-refractivity contribution in [2.45, 2.75) is 20.3 Å². The third-order valence-corrected chi connectivity index (χ3v) is 2.29. The van der Waals surface area contributed by atoms with Crippen LogP contribution < -0.4 is 0 Å². The number of hydrogen-bond acceptors (Lipinski definition) is 0. The van der Waals surface area contributed by atoms with Crippen LogP contribution in [0.3, 0.4) is 0 Å². The van der Waals surface area contributed by atoms with E-state index >= 15 is 0 Å². The molecule has 0 saturated carbocycles. The van der Waals surface area contributed by atoms with Crippen LogP contribution in [0.1, 0.15) is 19.4 Å². The lowest BCUT2D eigenvalue weighted by Gasteiger charge is -2.03. The Labute approximate surface area is 90.9 Å². The molecular weight excluding hydrogens is 192 g/mol. The van der Waals surface area contributed by atoms with Gasteiger partial charge in [-0.15, -0.1) is 0 Å². The minimum Gasteiger partial charge on any atom is -0.0892 e. The minimum atomic E-state index is 0.868. The molecule has 0 atom stereocenters. The van der Waals surface area contributed by atoms with Crippen LogP contribution in [0, 0.1) is 0 Å². The molecule has 1 heteroatoms. The molecular formula is C13H15Cl.